The molecular weight excluding hydrogens is 293 g/mol. The Labute approximate surface area is 121 Å². The quantitative estimate of drug-likeness (QED) is 0.801. The molecule has 1 aromatic rings. The molecule has 1 rings (SSSR count). The number of nitrogens with one attached hydrogen (secondary N) is 1. The summed E-state index contributed by atoms with van der Waals surface area (Å²) in [6, 6.07) is 4.72. The zero-order chi connectivity index (χ0) is 14.3. The summed E-state index contributed by atoms with van der Waals surface area (Å²) in [7, 11) is 1.47. The molecule has 0 fully saturated rings. The third kappa shape index (κ3) is 6.11. The summed E-state index contributed by atoms with van der Waals surface area (Å²) in [6.07, 6.45) is -0.743. The van der Waals surface area contributed by atoms with Crippen molar-refractivity contribution in [3.63, 3.8) is 0 Å². The minimum absolute atomic E-state index is 0.102. The summed E-state index contributed by atoms with van der Waals surface area (Å²) < 4.78 is 9.96. The Morgan fingerprint density at radius 1 is 1.47 bits per heavy atom. The highest BCUT2D eigenvalue weighted by Crippen LogP contribution is 2.27. The fourth-order valence-electron chi connectivity index (χ4n) is 1.27. The van der Waals surface area contributed by atoms with E-state index in [-0.39, 0.29) is 25.7 Å². The lowest BCUT2D eigenvalue weighted by Crippen LogP contribution is -2.37. The maximum Gasteiger partial charge on any atom is 0.258 e. The van der Waals surface area contributed by atoms with Gasteiger partial charge in [0, 0.05) is 18.7 Å². The number of methoxy groups -OCH3 is 1. The molecule has 7 heteroatoms. The average molecular weight is 308 g/mol. The number of halogens is 2. The maximum atomic E-state index is 11.4. The lowest BCUT2D eigenvalue weighted by molar-refractivity contribution is -0.123. The van der Waals surface area contributed by atoms with Crippen molar-refractivity contribution in [1.29, 1.82) is 0 Å². The van der Waals surface area contributed by atoms with Gasteiger partial charge < -0.3 is 19.9 Å². The van der Waals surface area contributed by atoms with E-state index < -0.39 is 6.10 Å². The highest BCUT2D eigenvalue weighted by Gasteiger charge is 2.08. The molecule has 0 spiro atoms. The van der Waals surface area contributed by atoms with Crippen molar-refractivity contribution < 1.29 is 19.4 Å². The van der Waals surface area contributed by atoms with Gasteiger partial charge in [-0.2, -0.15) is 0 Å². The molecule has 0 aromatic heterocycles. The summed E-state index contributed by atoms with van der Waals surface area (Å²) >= 11 is 11.6. The van der Waals surface area contributed by atoms with E-state index in [0.29, 0.717) is 15.8 Å². The van der Waals surface area contributed by atoms with Crippen molar-refractivity contribution in [2.45, 2.75) is 6.10 Å². The van der Waals surface area contributed by atoms with Crippen molar-refractivity contribution in [2.24, 2.45) is 0 Å². The minimum atomic E-state index is -0.743. The predicted octanol–water partition coefficient (Wildman–Crippen LogP) is 1.50. The SMILES string of the molecule is COCC(O)CNC(=O)COc1ccc(Cl)cc1Cl. The third-order valence-electron chi connectivity index (χ3n) is 2.15. The van der Waals surface area contributed by atoms with E-state index in [1.54, 1.807) is 12.1 Å². The van der Waals surface area contributed by atoms with Crippen molar-refractivity contribution in [3.05, 3.63) is 28.2 Å². The lowest BCUT2D eigenvalue weighted by atomic mass is 10.3. The largest absolute Gasteiger partial charge is 0.482 e. The van der Waals surface area contributed by atoms with Crippen LogP contribution in [0.4, 0.5) is 0 Å². The molecule has 1 unspecified atom stereocenters. The van der Waals surface area contributed by atoms with Crippen LogP contribution in [0.15, 0.2) is 18.2 Å². The number of carbonyl (C=O) groups is 1. The van der Waals surface area contributed by atoms with Crippen LogP contribution in [0, 0.1) is 0 Å². The second kappa shape index (κ2) is 8.22. The fraction of sp³-hybridized carbons (Fsp3) is 0.417. The summed E-state index contributed by atoms with van der Waals surface area (Å²) in [6.45, 7) is 0.0651. The molecule has 0 saturated heterocycles. The van der Waals surface area contributed by atoms with Gasteiger partial charge in [-0.3, -0.25) is 4.79 Å². The number of hydrogen-bond donors (Lipinski definition) is 2. The Bertz CT molecular complexity index is 428. The Kier molecular flexibility index (Phi) is 6.94. The molecule has 0 aliphatic rings. The van der Waals surface area contributed by atoms with Crippen LogP contribution in [0.5, 0.6) is 5.75 Å². The molecule has 0 saturated carbocycles. The van der Waals surface area contributed by atoms with Crippen LogP contribution >= 0.6 is 23.2 Å². The Balaban J connectivity index is 2.33. The maximum absolute atomic E-state index is 11.4. The van der Waals surface area contributed by atoms with Gasteiger partial charge >= 0.3 is 0 Å². The van der Waals surface area contributed by atoms with Gasteiger partial charge in [-0.05, 0) is 18.2 Å². The van der Waals surface area contributed by atoms with Crippen molar-refractivity contribution >= 4 is 29.1 Å². The van der Waals surface area contributed by atoms with Gasteiger partial charge in [0.2, 0.25) is 0 Å². The number of rotatable bonds is 7. The van der Waals surface area contributed by atoms with Crippen LogP contribution in [0.3, 0.4) is 0 Å². The molecule has 1 atom stereocenters. The molecule has 5 nitrogen and oxygen atoms in total. The highest BCUT2D eigenvalue weighted by molar-refractivity contribution is 6.35. The Hall–Kier alpha value is -1.01. The second-order valence-electron chi connectivity index (χ2n) is 3.78. The molecule has 0 heterocycles. The third-order valence-corrected chi connectivity index (χ3v) is 2.68. The van der Waals surface area contributed by atoms with Gasteiger partial charge in [0.25, 0.3) is 5.91 Å². The zero-order valence-corrected chi connectivity index (χ0v) is 11.9. The number of benzene rings is 1. The summed E-state index contributed by atoms with van der Waals surface area (Å²) in [4.78, 5) is 11.4. The van der Waals surface area contributed by atoms with Crippen LogP contribution < -0.4 is 10.1 Å². The topological polar surface area (TPSA) is 67.8 Å². The van der Waals surface area contributed by atoms with Gasteiger partial charge in [-0.1, -0.05) is 23.2 Å². The van der Waals surface area contributed by atoms with E-state index in [4.69, 9.17) is 32.7 Å². The van der Waals surface area contributed by atoms with Crippen LogP contribution in [0.1, 0.15) is 0 Å². The monoisotopic (exact) mass is 307 g/mol. The van der Waals surface area contributed by atoms with Gasteiger partial charge in [0.15, 0.2) is 6.61 Å². The molecule has 0 radical (unpaired) electrons. The van der Waals surface area contributed by atoms with E-state index in [1.807, 2.05) is 0 Å². The highest BCUT2D eigenvalue weighted by atomic mass is 35.5. The molecule has 19 heavy (non-hydrogen) atoms. The van der Waals surface area contributed by atoms with E-state index in [9.17, 15) is 9.90 Å². The number of ether oxygens (including phenoxy) is 2. The molecule has 0 bridgehead atoms. The standard InChI is InChI=1S/C12H15Cl2NO4/c1-18-6-9(16)5-15-12(17)7-19-11-3-2-8(13)4-10(11)14/h2-4,9,16H,5-7H2,1H3,(H,15,17). The fourth-order valence-corrected chi connectivity index (χ4v) is 1.73. The van der Waals surface area contributed by atoms with E-state index in [0.717, 1.165) is 0 Å². The number of hydrogen-bond acceptors (Lipinski definition) is 4. The van der Waals surface area contributed by atoms with Crippen LogP contribution in [-0.2, 0) is 9.53 Å². The van der Waals surface area contributed by atoms with Gasteiger partial charge in [-0.25, -0.2) is 0 Å². The van der Waals surface area contributed by atoms with Gasteiger partial charge in [-0.15, -0.1) is 0 Å². The van der Waals surface area contributed by atoms with Crippen LogP contribution in [0.2, 0.25) is 10.0 Å². The van der Waals surface area contributed by atoms with Crippen LogP contribution in [-0.4, -0.2) is 44.0 Å². The first-order valence-corrected chi connectivity index (χ1v) is 6.30. The van der Waals surface area contributed by atoms with Crippen molar-refractivity contribution in [2.75, 3.05) is 26.9 Å². The molecule has 0 aliphatic carbocycles. The average Bonchev–Trinajstić information content (AvgIpc) is 2.35. The summed E-state index contributed by atoms with van der Waals surface area (Å²) in [5.74, 6) is 0.0137. The lowest BCUT2D eigenvalue weighted by Gasteiger charge is -2.12. The Morgan fingerprint density at radius 2 is 2.21 bits per heavy atom. The zero-order valence-electron chi connectivity index (χ0n) is 10.4. The molecule has 2 N–H and O–H groups in total. The predicted molar refractivity (Wildman–Crippen MR) is 72.8 cm³/mol. The molecule has 1 amide bonds. The van der Waals surface area contributed by atoms with E-state index in [1.165, 1.54) is 13.2 Å². The molecule has 0 aliphatic heterocycles. The number of aliphatic hydroxyl groups excluding tert-OH is 1. The second-order valence-corrected chi connectivity index (χ2v) is 4.62. The number of aliphatic hydroxyl groups is 1. The van der Waals surface area contributed by atoms with Crippen LogP contribution in [0.25, 0.3) is 0 Å². The van der Waals surface area contributed by atoms with Crippen molar-refractivity contribution in [1.82, 2.24) is 5.32 Å². The summed E-state index contributed by atoms with van der Waals surface area (Å²) in [5.41, 5.74) is 0. The molecule has 1 aromatic carbocycles. The molecular formula is C12H15Cl2NO4. The first-order chi connectivity index (χ1) is 9.02. The van der Waals surface area contributed by atoms with Gasteiger partial charge in [0.05, 0.1) is 17.7 Å². The van der Waals surface area contributed by atoms with E-state index in [2.05, 4.69) is 5.32 Å². The minimum Gasteiger partial charge on any atom is -0.482 e. The van der Waals surface area contributed by atoms with Gasteiger partial charge in [0.1, 0.15) is 5.75 Å². The van der Waals surface area contributed by atoms with E-state index >= 15 is 0 Å². The number of carbonyl (C=O) groups excluding carboxylic acids is 1. The smallest absolute Gasteiger partial charge is 0.258 e. The normalized spacial score (nSPS) is 12.0. The summed E-state index contributed by atoms with van der Waals surface area (Å²) in [5, 5.41) is 12.7. The first-order valence-electron chi connectivity index (χ1n) is 5.54. The Morgan fingerprint density at radius 3 is 2.84 bits per heavy atom. The van der Waals surface area contributed by atoms with Crippen molar-refractivity contribution in [3.8, 4) is 5.75 Å². The number of amides is 1. The first kappa shape index (κ1) is 16.0. The molecule has 106 valence electrons.